The monoisotopic (exact) mass is 691 g/mol. The number of aryl methyl sites for hydroxylation is 1. The zero-order chi connectivity index (χ0) is 31.6. The number of halogens is 3. The van der Waals surface area contributed by atoms with Crippen LogP contribution in [0.1, 0.15) is 38.6 Å². The van der Waals surface area contributed by atoms with Crippen molar-refractivity contribution in [3.8, 4) is 5.75 Å². The molecular weight excluding hydrogens is 653 g/mol. The lowest BCUT2D eigenvalue weighted by Crippen LogP contribution is -2.47. The number of rotatable bonds is 11. The van der Waals surface area contributed by atoms with E-state index in [1.54, 1.807) is 53.7 Å². The predicted octanol–water partition coefficient (Wildman–Crippen LogP) is 6.12. The molecule has 13 heteroatoms. The number of ether oxygens (including phenoxy) is 1. The highest BCUT2D eigenvalue weighted by molar-refractivity contribution is 6.30. The standard InChI is InChI=1S/C33H38ClN5O5.2ClH/c1-6-39-27-11-10-25(19-28(27)36(5)31(41)33(3,4)32(39)42)43-17-7-13-37(21-24-9-8-23(34)20-35-24)15-16-38-14-12-29-26(30(38)40)18-22(2)44-29;;/h8-12,14,18-20H,6-7,13,15-17,21H2,1-5H3;2*1H. The number of carbonyl (C=O) groups excluding carboxylic acids is 2. The number of benzene rings is 1. The van der Waals surface area contributed by atoms with Gasteiger partial charge in [0, 0.05) is 58.2 Å². The summed E-state index contributed by atoms with van der Waals surface area (Å²) in [4.78, 5) is 49.2. The van der Waals surface area contributed by atoms with Crippen LogP contribution in [0.4, 0.5) is 11.4 Å². The van der Waals surface area contributed by atoms with E-state index in [0.717, 1.165) is 5.69 Å². The molecule has 0 unspecified atom stereocenters. The summed E-state index contributed by atoms with van der Waals surface area (Å²) in [6, 6.07) is 12.8. The van der Waals surface area contributed by atoms with Gasteiger partial charge in [0.1, 0.15) is 22.5 Å². The number of hydrogen-bond acceptors (Lipinski definition) is 7. The average molecular weight is 693 g/mol. The van der Waals surface area contributed by atoms with E-state index in [4.69, 9.17) is 20.8 Å². The molecule has 0 bridgehead atoms. The molecule has 0 saturated heterocycles. The minimum atomic E-state index is -1.17. The van der Waals surface area contributed by atoms with Gasteiger partial charge in [-0.25, -0.2) is 0 Å². The molecule has 1 aliphatic rings. The van der Waals surface area contributed by atoms with Gasteiger partial charge in [-0.1, -0.05) is 11.6 Å². The van der Waals surface area contributed by atoms with E-state index < -0.39 is 5.41 Å². The first kappa shape index (κ1) is 36.9. The number of furan rings is 1. The molecule has 5 rings (SSSR count). The second kappa shape index (κ2) is 15.3. The van der Waals surface area contributed by atoms with Gasteiger partial charge in [-0.2, -0.15) is 0 Å². The van der Waals surface area contributed by atoms with Gasteiger partial charge < -0.3 is 23.5 Å². The number of fused-ring (bicyclic) bond motifs is 2. The van der Waals surface area contributed by atoms with E-state index in [2.05, 4.69) is 9.88 Å². The van der Waals surface area contributed by atoms with E-state index in [9.17, 15) is 14.4 Å². The van der Waals surface area contributed by atoms with Crippen LogP contribution in [0.5, 0.6) is 5.75 Å². The number of pyridine rings is 2. The van der Waals surface area contributed by atoms with Crippen LogP contribution in [0.3, 0.4) is 0 Å². The number of nitrogens with zero attached hydrogens (tertiary/aromatic N) is 5. The van der Waals surface area contributed by atoms with Crippen molar-refractivity contribution in [2.75, 3.05) is 43.1 Å². The van der Waals surface area contributed by atoms with E-state index >= 15 is 0 Å². The van der Waals surface area contributed by atoms with E-state index in [1.807, 2.05) is 50.2 Å². The fourth-order valence-electron chi connectivity index (χ4n) is 5.58. The summed E-state index contributed by atoms with van der Waals surface area (Å²) in [6.45, 7) is 10.4. The van der Waals surface area contributed by atoms with Gasteiger partial charge in [0.05, 0.1) is 34.1 Å². The number of carbonyl (C=O) groups is 2. The first-order valence-corrected chi connectivity index (χ1v) is 15.2. The Morgan fingerprint density at radius 2 is 1.76 bits per heavy atom. The summed E-state index contributed by atoms with van der Waals surface area (Å²) in [7, 11) is 1.69. The van der Waals surface area contributed by atoms with Crippen LogP contribution in [0.25, 0.3) is 11.0 Å². The topological polar surface area (TPSA) is 101 Å². The lowest BCUT2D eigenvalue weighted by Gasteiger charge is -2.27. The molecule has 2 amide bonds. The van der Waals surface area contributed by atoms with E-state index in [-0.39, 0.29) is 42.2 Å². The Morgan fingerprint density at radius 1 is 1.00 bits per heavy atom. The number of anilines is 2. The van der Waals surface area contributed by atoms with Crippen LogP contribution in [0, 0.1) is 12.3 Å². The van der Waals surface area contributed by atoms with Gasteiger partial charge in [-0.3, -0.25) is 24.3 Å². The number of aromatic nitrogens is 2. The molecule has 0 fully saturated rings. The van der Waals surface area contributed by atoms with Crippen molar-refractivity contribution in [3.63, 3.8) is 0 Å². The second-order valence-electron chi connectivity index (χ2n) is 11.6. The highest BCUT2D eigenvalue weighted by atomic mass is 35.5. The van der Waals surface area contributed by atoms with Gasteiger partial charge >= 0.3 is 0 Å². The Hall–Kier alpha value is -3.57. The smallest absolute Gasteiger partial charge is 0.261 e. The van der Waals surface area contributed by atoms with Crippen molar-refractivity contribution in [1.82, 2.24) is 14.5 Å². The molecule has 46 heavy (non-hydrogen) atoms. The summed E-state index contributed by atoms with van der Waals surface area (Å²) < 4.78 is 13.4. The lowest BCUT2D eigenvalue weighted by atomic mass is 9.90. The van der Waals surface area contributed by atoms with E-state index in [0.29, 0.717) is 84.6 Å². The zero-order valence-corrected chi connectivity index (χ0v) is 29.0. The van der Waals surface area contributed by atoms with Crippen molar-refractivity contribution in [3.05, 3.63) is 81.7 Å². The Kier molecular flexibility index (Phi) is 12.3. The summed E-state index contributed by atoms with van der Waals surface area (Å²) in [5, 5.41) is 1.15. The third-order valence-electron chi connectivity index (χ3n) is 8.03. The predicted molar refractivity (Wildman–Crippen MR) is 186 cm³/mol. The Bertz CT molecular complexity index is 1740. The molecule has 0 spiro atoms. The van der Waals surface area contributed by atoms with Crippen LogP contribution in [0.2, 0.25) is 5.02 Å². The fourth-order valence-corrected chi connectivity index (χ4v) is 5.69. The molecule has 0 saturated carbocycles. The van der Waals surface area contributed by atoms with Gasteiger partial charge in [0.25, 0.3) is 5.56 Å². The number of hydrogen-bond donors (Lipinski definition) is 0. The van der Waals surface area contributed by atoms with Crippen LogP contribution in [0.15, 0.2) is 64.1 Å². The maximum absolute atomic E-state index is 13.2. The number of amides is 2. The van der Waals surface area contributed by atoms with Crippen LogP contribution in [-0.4, -0.2) is 59.6 Å². The van der Waals surface area contributed by atoms with Crippen molar-refractivity contribution in [1.29, 1.82) is 0 Å². The summed E-state index contributed by atoms with van der Waals surface area (Å²) in [5.41, 5.74) is 1.55. The minimum Gasteiger partial charge on any atom is -0.493 e. The molecule has 1 aliphatic heterocycles. The molecule has 10 nitrogen and oxygen atoms in total. The van der Waals surface area contributed by atoms with Gasteiger partial charge in [0.2, 0.25) is 11.8 Å². The van der Waals surface area contributed by atoms with Gasteiger partial charge in [0.15, 0.2) is 0 Å². The highest BCUT2D eigenvalue weighted by Crippen LogP contribution is 2.40. The molecule has 0 aliphatic carbocycles. The molecule has 0 atom stereocenters. The van der Waals surface area contributed by atoms with Gasteiger partial charge in [-0.05, 0) is 70.5 Å². The highest BCUT2D eigenvalue weighted by Gasteiger charge is 2.45. The summed E-state index contributed by atoms with van der Waals surface area (Å²) >= 11 is 6.05. The Morgan fingerprint density at radius 3 is 2.46 bits per heavy atom. The minimum absolute atomic E-state index is 0. The largest absolute Gasteiger partial charge is 0.493 e. The van der Waals surface area contributed by atoms with Gasteiger partial charge in [-0.15, -0.1) is 24.8 Å². The first-order valence-electron chi connectivity index (χ1n) is 14.8. The second-order valence-corrected chi connectivity index (χ2v) is 12.0. The first-order chi connectivity index (χ1) is 21.0. The third kappa shape index (κ3) is 7.69. The quantitative estimate of drug-likeness (QED) is 0.138. The molecule has 248 valence electrons. The van der Waals surface area contributed by atoms with Crippen molar-refractivity contribution >= 4 is 70.6 Å². The van der Waals surface area contributed by atoms with Crippen LogP contribution < -0.4 is 20.1 Å². The molecule has 4 heterocycles. The third-order valence-corrected chi connectivity index (χ3v) is 8.26. The molecule has 4 aromatic rings. The van der Waals surface area contributed by atoms with Crippen molar-refractivity contribution in [2.45, 2.75) is 47.2 Å². The zero-order valence-electron chi connectivity index (χ0n) is 26.6. The SMILES string of the molecule is CCN1C(=O)C(C)(C)C(=O)N(C)c2cc(OCCCN(CCn3ccc4oc(C)cc4c3=O)Cc3ccc(Cl)cn3)ccc21.Cl.Cl. The molecule has 0 radical (unpaired) electrons. The molecular formula is C33H40Cl3N5O5. The maximum atomic E-state index is 13.2. The van der Waals surface area contributed by atoms with Crippen LogP contribution in [-0.2, 0) is 22.7 Å². The molecule has 0 N–H and O–H groups in total. The lowest BCUT2D eigenvalue weighted by molar-refractivity contribution is -0.137. The summed E-state index contributed by atoms with van der Waals surface area (Å²) in [5.74, 6) is 0.844. The van der Waals surface area contributed by atoms with Crippen molar-refractivity contribution < 1.29 is 18.7 Å². The average Bonchev–Trinajstić information content (AvgIpc) is 3.38. The fraction of sp³-hybridized carbons (Fsp3) is 0.394. The molecule has 3 aromatic heterocycles. The maximum Gasteiger partial charge on any atom is 0.261 e. The Labute approximate surface area is 286 Å². The summed E-state index contributed by atoms with van der Waals surface area (Å²) in [6.07, 6.45) is 4.11. The van der Waals surface area contributed by atoms with Crippen molar-refractivity contribution in [2.24, 2.45) is 5.41 Å². The Balaban J connectivity index is 0.00000288. The van der Waals surface area contributed by atoms with Crippen LogP contribution >= 0.6 is 36.4 Å². The van der Waals surface area contributed by atoms with E-state index in [1.165, 1.54) is 0 Å². The normalized spacial score (nSPS) is 14.2. The molecule has 1 aromatic carbocycles.